The molecule has 0 aliphatic rings. The normalized spacial score (nSPS) is 11.8. The maximum atomic E-state index is 12.1. The van der Waals surface area contributed by atoms with E-state index in [9.17, 15) is 8.42 Å². The van der Waals surface area contributed by atoms with Gasteiger partial charge in [-0.3, -0.25) is 0 Å². The van der Waals surface area contributed by atoms with Crippen molar-refractivity contribution < 1.29 is 12.8 Å². The lowest BCUT2D eigenvalue weighted by Gasteiger charge is -2.11. The summed E-state index contributed by atoms with van der Waals surface area (Å²) in [6, 6.07) is 6.69. The summed E-state index contributed by atoms with van der Waals surface area (Å²) in [4.78, 5) is 4.36. The maximum absolute atomic E-state index is 12.1. The number of nitrogens with one attached hydrogen (secondary N) is 3. The molecule has 2 heterocycles. The summed E-state index contributed by atoms with van der Waals surface area (Å²) >= 11 is 6.79. The Morgan fingerprint density at radius 3 is 2.68 bits per heavy atom. The topological polar surface area (TPSA) is 95.7 Å². The number of hydrogen-bond donors (Lipinski definition) is 3. The van der Waals surface area contributed by atoms with Crippen LogP contribution in [0.2, 0.25) is 4.34 Å². The number of rotatable bonds is 8. The molecule has 0 atom stereocenters. The molecule has 0 amide bonds. The third-order valence-corrected chi connectivity index (χ3v) is 6.02. The summed E-state index contributed by atoms with van der Waals surface area (Å²) in [5.74, 6) is 1.34. The number of nitrogens with zero attached hydrogens (tertiary/aromatic N) is 1. The van der Waals surface area contributed by atoms with Crippen molar-refractivity contribution in [3.63, 3.8) is 0 Å². The zero-order valence-corrected chi connectivity index (χ0v) is 18.2. The second kappa shape index (κ2) is 11.0. The van der Waals surface area contributed by atoms with Gasteiger partial charge in [-0.15, -0.1) is 35.3 Å². The molecule has 7 nitrogen and oxygen atoms in total. The highest BCUT2D eigenvalue weighted by atomic mass is 127. The van der Waals surface area contributed by atoms with Gasteiger partial charge >= 0.3 is 0 Å². The van der Waals surface area contributed by atoms with Gasteiger partial charge in [-0.05, 0) is 31.2 Å². The molecule has 11 heteroatoms. The molecule has 0 fully saturated rings. The highest BCUT2D eigenvalue weighted by molar-refractivity contribution is 14.0. The van der Waals surface area contributed by atoms with E-state index < -0.39 is 10.0 Å². The van der Waals surface area contributed by atoms with Crippen molar-refractivity contribution in [2.24, 2.45) is 4.99 Å². The first-order valence-electron chi connectivity index (χ1n) is 7.31. The van der Waals surface area contributed by atoms with Gasteiger partial charge in [0.15, 0.2) is 5.96 Å². The van der Waals surface area contributed by atoms with Gasteiger partial charge in [0.2, 0.25) is 10.0 Å². The standard InChI is InChI=1S/C14H19ClN4O3S2.HI/c1-2-16-14(18-10-11-4-3-9-22-11)17-7-8-19-24(20,21)13-6-5-12(15)23-13;/h3-6,9,19H,2,7-8,10H2,1H3,(H2,16,17,18);1H. The minimum atomic E-state index is -3.53. The molecule has 140 valence electrons. The van der Waals surface area contributed by atoms with Crippen LogP contribution in [0.25, 0.3) is 0 Å². The molecule has 2 aromatic heterocycles. The second-order valence-corrected chi connectivity index (χ2v) is 8.37. The van der Waals surface area contributed by atoms with E-state index in [4.69, 9.17) is 16.0 Å². The number of aliphatic imine (C=N–C) groups is 1. The number of sulfonamides is 1. The Bertz CT molecular complexity index is 763. The molecule has 0 spiro atoms. The average molecular weight is 519 g/mol. The Labute approximate surface area is 173 Å². The number of thiophene rings is 1. The first-order chi connectivity index (χ1) is 11.5. The van der Waals surface area contributed by atoms with Gasteiger partial charge in [0.1, 0.15) is 16.5 Å². The van der Waals surface area contributed by atoms with Gasteiger partial charge in [0, 0.05) is 19.6 Å². The van der Waals surface area contributed by atoms with E-state index in [2.05, 4.69) is 20.3 Å². The third kappa shape index (κ3) is 7.52. The fourth-order valence-electron chi connectivity index (χ4n) is 1.78. The Balaban J connectivity index is 0.00000312. The number of hydrogen-bond acceptors (Lipinski definition) is 5. The Morgan fingerprint density at radius 2 is 2.08 bits per heavy atom. The van der Waals surface area contributed by atoms with Gasteiger partial charge in [-0.25, -0.2) is 18.1 Å². The van der Waals surface area contributed by atoms with Crippen LogP contribution in [-0.4, -0.2) is 34.0 Å². The van der Waals surface area contributed by atoms with Gasteiger partial charge in [0.05, 0.1) is 10.6 Å². The van der Waals surface area contributed by atoms with Crippen LogP contribution in [0, 0.1) is 0 Å². The highest BCUT2D eigenvalue weighted by Gasteiger charge is 2.15. The number of guanidine groups is 1. The summed E-state index contributed by atoms with van der Waals surface area (Å²) in [6.45, 7) is 3.67. The summed E-state index contributed by atoms with van der Waals surface area (Å²) in [7, 11) is -3.53. The molecule has 0 aliphatic carbocycles. The van der Waals surface area contributed by atoms with Crippen molar-refractivity contribution in [3.8, 4) is 0 Å². The van der Waals surface area contributed by atoms with E-state index in [1.807, 2.05) is 13.0 Å². The van der Waals surface area contributed by atoms with Crippen molar-refractivity contribution in [3.05, 3.63) is 40.6 Å². The van der Waals surface area contributed by atoms with Crippen molar-refractivity contribution in [1.82, 2.24) is 15.4 Å². The average Bonchev–Trinajstić information content (AvgIpc) is 3.20. The molecule has 0 aliphatic heterocycles. The minimum Gasteiger partial charge on any atom is -0.467 e. The highest BCUT2D eigenvalue weighted by Crippen LogP contribution is 2.25. The monoisotopic (exact) mass is 518 g/mol. The Kier molecular flexibility index (Phi) is 9.79. The van der Waals surface area contributed by atoms with E-state index in [0.717, 1.165) is 17.1 Å². The predicted molar refractivity (Wildman–Crippen MR) is 111 cm³/mol. The minimum absolute atomic E-state index is 0. The van der Waals surface area contributed by atoms with Crippen LogP contribution in [0.4, 0.5) is 0 Å². The molecule has 0 aromatic carbocycles. The summed E-state index contributed by atoms with van der Waals surface area (Å²) in [5, 5.41) is 6.14. The van der Waals surface area contributed by atoms with Crippen LogP contribution in [-0.2, 0) is 16.6 Å². The lowest BCUT2D eigenvalue weighted by Crippen LogP contribution is -2.41. The van der Waals surface area contributed by atoms with Crippen LogP contribution < -0.4 is 15.4 Å². The molecule has 2 aromatic rings. The quantitative estimate of drug-likeness (QED) is 0.216. The van der Waals surface area contributed by atoms with Crippen molar-refractivity contribution in [2.75, 3.05) is 19.6 Å². The first kappa shape index (κ1) is 22.2. The SMILES string of the molecule is CCNC(=NCc1ccco1)NCCNS(=O)(=O)c1ccc(Cl)s1.I. The van der Waals surface area contributed by atoms with E-state index >= 15 is 0 Å². The second-order valence-electron chi connectivity index (χ2n) is 4.66. The molecule has 0 saturated carbocycles. The third-order valence-electron chi connectivity index (χ3n) is 2.84. The Morgan fingerprint density at radius 1 is 1.28 bits per heavy atom. The van der Waals surface area contributed by atoms with E-state index in [-0.39, 0.29) is 34.7 Å². The molecule has 0 bridgehead atoms. The molecule has 25 heavy (non-hydrogen) atoms. The predicted octanol–water partition coefficient (Wildman–Crippen LogP) is 2.65. The van der Waals surface area contributed by atoms with Crippen molar-refractivity contribution in [2.45, 2.75) is 17.7 Å². The van der Waals surface area contributed by atoms with E-state index in [0.29, 0.717) is 29.9 Å². The smallest absolute Gasteiger partial charge is 0.250 e. The molecular formula is C14H20ClIN4O3S2. The summed E-state index contributed by atoms with van der Waals surface area (Å²) in [5.41, 5.74) is 0. The Hall–Kier alpha value is -0.820. The molecular weight excluding hydrogens is 499 g/mol. The maximum Gasteiger partial charge on any atom is 0.250 e. The molecule has 3 N–H and O–H groups in total. The van der Waals surface area contributed by atoms with Crippen molar-refractivity contribution >= 4 is 62.9 Å². The summed E-state index contributed by atoms with van der Waals surface area (Å²) in [6.07, 6.45) is 1.59. The summed E-state index contributed by atoms with van der Waals surface area (Å²) < 4.78 is 32.5. The van der Waals surface area contributed by atoms with Gasteiger partial charge in [-0.2, -0.15) is 0 Å². The molecule has 0 unspecified atom stereocenters. The largest absolute Gasteiger partial charge is 0.467 e. The fourth-order valence-corrected chi connectivity index (χ4v) is 4.34. The van der Waals surface area contributed by atoms with Crippen LogP contribution in [0.15, 0.2) is 44.1 Å². The zero-order valence-electron chi connectivity index (χ0n) is 13.5. The number of furan rings is 1. The molecule has 2 rings (SSSR count). The van der Waals surface area contributed by atoms with E-state index in [1.165, 1.54) is 6.07 Å². The van der Waals surface area contributed by atoms with Crippen LogP contribution in [0.3, 0.4) is 0 Å². The van der Waals surface area contributed by atoms with Gasteiger partial charge in [-0.1, -0.05) is 11.6 Å². The molecule has 0 radical (unpaired) electrons. The van der Waals surface area contributed by atoms with Crippen molar-refractivity contribution in [1.29, 1.82) is 0 Å². The fraction of sp³-hybridized carbons (Fsp3) is 0.357. The zero-order chi connectivity index (χ0) is 17.4. The first-order valence-corrected chi connectivity index (χ1v) is 9.98. The van der Waals surface area contributed by atoms with Crippen LogP contribution in [0.1, 0.15) is 12.7 Å². The lowest BCUT2D eigenvalue weighted by atomic mass is 10.4. The van der Waals surface area contributed by atoms with Gasteiger partial charge < -0.3 is 15.1 Å². The van der Waals surface area contributed by atoms with Crippen LogP contribution in [0.5, 0.6) is 0 Å². The number of halogens is 2. The van der Waals surface area contributed by atoms with E-state index in [1.54, 1.807) is 18.4 Å². The van der Waals surface area contributed by atoms with Gasteiger partial charge in [0.25, 0.3) is 0 Å². The van der Waals surface area contributed by atoms with Crippen LogP contribution >= 0.6 is 46.9 Å². The molecule has 0 saturated heterocycles. The lowest BCUT2D eigenvalue weighted by molar-refractivity contribution is 0.512.